The number of methoxy groups -OCH3 is 4. The number of anilines is 2. The van der Waals surface area contributed by atoms with Crippen molar-refractivity contribution in [2.45, 2.75) is 31.8 Å². The molecule has 1 fully saturated rings. The third-order valence-electron chi connectivity index (χ3n) is 6.74. The second-order valence-electron chi connectivity index (χ2n) is 9.02. The lowest BCUT2D eigenvalue weighted by molar-refractivity contribution is -0.383. The number of nitro groups is 1. The molecule has 0 radical (unpaired) electrons. The van der Waals surface area contributed by atoms with Gasteiger partial charge in [-0.15, -0.1) is 0 Å². The Morgan fingerprint density at radius 1 is 0.921 bits per heavy atom. The zero-order valence-corrected chi connectivity index (χ0v) is 23.8. The maximum absolute atomic E-state index is 12.5. The van der Waals surface area contributed by atoms with E-state index in [1.54, 1.807) is 35.5 Å². The van der Waals surface area contributed by atoms with Gasteiger partial charge in [0.05, 0.1) is 37.8 Å². The standard InChI is InChI=1S/C28H32BrN3O6/c1-30-23-14-22(17-6-7-17)26(29)28(27(23)32(33)34)31(15-18-8-10-20(35-2)12-24(18)37-4)16-19-9-11-21(36-3)13-25(19)38-5/h8-14,17,30H,6-7,15-16H2,1-5H3. The number of nitrogens with zero attached hydrogens (tertiary/aromatic N) is 2. The lowest BCUT2D eigenvalue weighted by atomic mass is 10.0. The normalized spacial score (nSPS) is 12.6. The molecule has 0 unspecified atom stereocenters. The first kappa shape index (κ1) is 27.4. The van der Waals surface area contributed by atoms with Crippen LogP contribution in [0.1, 0.15) is 35.4 Å². The molecule has 0 amide bonds. The number of hydrogen-bond acceptors (Lipinski definition) is 8. The predicted octanol–water partition coefficient (Wildman–Crippen LogP) is 6.52. The molecule has 38 heavy (non-hydrogen) atoms. The van der Waals surface area contributed by atoms with Gasteiger partial charge >= 0.3 is 5.69 Å². The van der Waals surface area contributed by atoms with Crippen molar-refractivity contribution in [2.24, 2.45) is 0 Å². The van der Waals surface area contributed by atoms with Crippen LogP contribution in [0.25, 0.3) is 0 Å². The first-order valence-corrected chi connectivity index (χ1v) is 13.0. The fourth-order valence-corrected chi connectivity index (χ4v) is 5.48. The number of nitro benzene ring substituents is 1. The molecule has 9 nitrogen and oxygen atoms in total. The van der Waals surface area contributed by atoms with Crippen LogP contribution in [0.5, 0.6) is 23.0 Å². The van der Waals surface area contributed by atoms with Crippen LogP contribution < -0.4 is 29.2 Å². The highest BCUT2D eigenvalue weighted by Gasteiger charge is 2.35. The second-order valence-corrected chi connectivity index (χ2v) is 9.81. The van der Waals surface area contributed by atoms with Crippen LogP contribution in [0.3, 0.4) is 0 Å². The SMILES string of the molecule is CNc1cc(C2CC2)c(Br)c(N(Cc2ccc(OC)cc2OC)Cc2ccc(OC)cc2OC)c1[N+](=O)[O-]. The van der Waals surface area contributed by atoms with Crippen molar-refractivity contribution < 1.29 is 23.9 Å². The molecule has 1 aliphatic rings. The summed E-state index contributed by atoms with van der Waals surface area (Å²) in [6, 6.07) is 13.1. The van der Waals surface area contributed by atoms with Crippen LogP contribution in [-0.4, -0.2) is 40.4 Å². The zero-order chi connectivity index (χ0) is 27.4. The Labute approximate surface area is 230 Å². The maximum Gasteiger partial charge on any atom is 0.316 e. The second kappa shape index (κ2) is 11.8. The molecule has 202 valence electrons. The molecule has 0 heterocycles. The molecule has 4 rings (SSSR count). The topological polar surface area (TPSA) is 95.3 Å². The summed E-state index contributed by atoms with van der Waals surface area (Å²) in [7, 11) is 8.10. The fraction of sp³-hybridized carbons (Fsp3) is 0.357. The number of halogens is 1. The minimum absolute atomic E-state index is 0.00346. The Bertz CT molecular complexity index is 1270. The third-order valence-corrected chi connectivity index (χ3v) is 7.57. The van der Waals surface area contributed by atoms with E-state index < -0.39 is 0 Å². The minimum atomic E-state index is -0.327. The average molecular weight is 586 g/mol. The largest absolute Gasteiger partial charge is 0.497 e. The molecular weight excluding hydrogens is 554 g/mol. The van der Waals surface area contributed by atoms with Gasteiger partial charge in [-0.05, 0) is 70.6 Å². The highest BCUT2D eigenvalue weighted by molar-refractivity contribution is 9.10. The van der Waals surface area contributed by atoms with Crippen molar-refractivity contribution in [3.05, 3.63) is 73.7 Å². The molecule has 1 saturated carbocycles. The van der Waals surface area contributed by atoms with Gasteiger partial charge in [-0.2, -0.15) is 0 Å². The first-order chi connectivity index (χ1) is 18.3. The van der Waals surface area contributed by atoms with Crippen LogP contribution in [0, 0.1) is 10.1 Å². The highest BCUT2D eigenvalue weighted by atomic mass is 79.9. The number of benzene rings is 3. The molecule has 0 aliphatic heterocycles. The average Bonchev–Trinajstić information content (AvgIpc) is 3.78. The van der Waals surface area contributed by atoms with Gasteiger partial charge in [-0.1, -0.05) is 0 Å². The van der Waals surface area contributed by atoms with Crippen LogP contribution >= 0.6 is 15.9 Å². The Morgan fingerprint density at radius 3 is 1.84 bits per heavy atom. The Balaban J connectivity index is 1.92. The molecule has 0 aromatic heterocycles. The van der Waals surface area contributed by atoms with Gasteiger partial charge in [0.2, 0.25) is 0 Å². The molecule has 0 saturated heterocycles. The van der Waals surface area contributed by atoms with E-state index >= 15 is 0 Å². The lowest BCUT2D eigenvalue weighted by Crippen LogP contribution is -2.25. The molecule has 3 aromatic rings. The van der Waals surface area contributed by atoms with Crippen molar-refractivity contribution in [1.82, 2.24) is 0 Å². The van der Waals surface area contributed by atoms with Gasteiger partial charge in [-0.3, -0.25) is 10.1 Å². The van der Waals surface area contributed by atoms with Crippen LogP contribution in [0.4, 0.5) is 17.1 Å². The first-order valence-electron chi connectivity index (χ1n) is 12.2. The van der Waals surface area contributed by atoms with Crippen LogP contribution in [0.15, 0.2) is 46.9 Å². The summed E-state index contributed by atoms with van der Waals surface area (Å²) in [5.74, 6) is 2.94. The summed E-state index contributed by atoms with van der Waals surface area (Å²) in [6.45, 7) is 0.665. The summed E-state index contributed by atoms with van der Waals surface area (Å²) >= 11 is 3.77. The van der Waals surface area contributed by atoms with E-state index in [0.717, 1.165) is 34.0 Å². The van der Waals surface area contributed by atoms with Gasteiger partial charge in [0.15, 0.2) is 0 Å². The van der Waals surface area contributed by atoms with Gasteiger partial charge < -0.3 is 29.2 Å². The van der Waals surface area contributed by atoms with Gasteiger partial charge in [0, 0.05) is 43.4 Å². The predicted molar refractivity (Wildman–Crippen MR) is 151 cm³/mol. The summed E-state index contributed by atoms with van der Waals surface area (Å²) in [6.07, 6.45) is 2.11. The fourth-order valence-electron chi connectivity index (χ4n) is 4.60. The van der Waals surface area contributed by atoms with Crippen molar-refractivity contribution in [3.8, 4) is 23.0 Å². The number of rotatable bonds is 12. The van der Waals surface area contributed by atoms with Gasteiger partial charge in [-0.25, -0.2) is 0 Å². The van der Waals surface area contributed by atoms with Crippen molar-refractivity contribution >= 4 is 33.0 Å². The monoisotopic (exact) mass is 585 g/mol. The Hall–Kier alpha value is -3.66. The summed E-state index contributed by atoms with van der Waals surface area (Å²) in [5.41, 5.74) is 3.74. The van der Waals surface area contributed by atoms with Crippen molar-refractivity contribution in [3.63, 3.8) is 0 Å². The van der Waals surface area contributed by atoms with E-state index in [2.05, 4.69) is 21.2 Å². The van der Waals surface area contributed by atoms with Gasteiger partial charge in [0.25, 0.3) is 0 Å². The zero-order valence-electron chi connectivity index (χ0n) is 22.2. The van der Waals surface area contributed by atoms with E-state index in [9.17, 15) is 10.1 Å². The van der Waals surface area contributed by atoms with Crippen molar-refractivity contribution in [2.75, 3.05) is 45.7 Å². The molecule has 10 heteroatoms. The number of nitrogens with one attached hydrogen (secondary N) is 1. The van der Waals surface area contributed by atoms with E-state index in [-0.39, 0.29) is 10.6 Å². The quantitative estimate of drug-likeness (QED) is 0.189. The minimum Gasteiger partial charge on any atom is -0.497 e. The molecule has 0 spiro atoms. The lowest BCUT2D eigenvalue weighted by Gasteiger charge is -2.29. The molecule has 3 aromatic carbocycles. The van der Waals surface area contributed by atoms with Crippen LogP contribution in [0.2, 0.25) is 0 Å². The van der Waals surface area contributed by atoms with E-state index in [0.29, 0.717) is 53.4 Å². The van der Waals surface area contributed by atoms with E-state index in [4.69, 9.17) is 18.9 Å². The summed E-state index contributed by atoms with van der Waals surface area (Å²) < 4.78 is 22.8. The molecule has 1 aliphatic carbocycles. The highest BCUT2D eigenvalue weighted by Crippen LogP contribution is 2.52. The number of ether oxygens (including phenoxy) is 4. The summed E-state index contributed by atoms with van der Waals surface area (Å²) in [4.78, 5) is 14.2. The number of hydrogen-bond donors (Lipinski definition) is 1. The van der Waals surface area contributed by atoms with Crippen LogP contribution in [-0.2, 0) is 13.1 Å². The van der Waals surface area contributed by atoms with Gasteiger partial charge in [0.1, 0.15) is 34.4 Å². The Morgan fingerprint density at radius 2 is 1.45 bits per heavy atom. The summed E-state index contributed by atoms with van der Waals surface area (Å²) in [5, 5.41) is 15.6. The molecule has 1 N–H and O–H groups in total. The van der Waals surface area contributed by atoms with E-state index in [1.165, 1.54) is 0 Å². The smallest absolute Gasteiger partial charge is 0.316 e. The van der Waals surface area contributed by atoms with E-state index in [1.807, 2.05) is 47.4 Å². The third kappa shape index (κ3) is 5.60. The van der Waals surface area contributed by atoms with Crippen molar-refractivity contribution in [1.29, 1.82) is 0 Å². The Kier molecular flexibility index (Phi) is 8.51. The maximum atomic E-state index is 12.5. The molecule has 0 bridgehead atoms. The molecular formula is C28H32BrN3O6. The molecule has 0 atom stereocenters.